The summed E-state index contributed by atoms with van der Waals surface area (Å²) < 4.78 is 19.0. The van der Waals surface area contributed by atoms with Crippen molar-refractivity contribution in [2.45, 2.75) is 6.17 Å². The second-order valence-electron chi connectivity index (χ2n) is 5.22. The van der Waals surface area contributed by atoms with E-state index in [4.69, 9.17) is 18.9 Å². The summed E-state index contributed by atoms with van der Waals surface area (Å²) in [5.74, 6) is -3.75. The van der Waals surface area contributed by atoms with E-state index in [0.29, 0.717) is 0 Å². The highest BCUT2D eigenvalue weighted by molar-refractivity contribution is 6.16. The first-order valence-corrected chi connectivity index (χ1v) is 7.34. The molecule has 10 heteroatoms. The van der Waals surface area contributed by atoms with Crippen LogP contribution in [0.2, 0.25) is 0 Å². The van der Waals surface area contributed by atoms with Crippen molar-refractivity contribution < 1.29 is 38.1 Å². The van der Waals surface area contributed by atoms with E-state index < -0.39 is 41.2 Å². The van der Waals surface area contributed by atoms with Crippen LogP contribution < -0.4 is 0 Å². The average Bonchev–Trinajstić information content (AvgIpc) is 3.04. The zero-order valence-electron chi connectivity index (χ0n) is 14.9. The molecule has 0 aromatic heterocycles. The lowest BCUT2D eigenvalue weighted by atomic mass is 9.90. The number of nitrogens with zero attached hydrogens (tertiary/aromatic N) is 2. The summed E-state index contributed by atoms with van der Waals surface area (Å²) >= 11 is 0. The summed E-state index contributed by atoms with van der Waals surface area (Å²) in [4.78, 5) is 52.5. The summed E-state index contributed by atoms with van der Waals surface area (Å²) in [7, 11) is 6.04. The predicted molar refractivity (Wildman–Crippen MR) is 84.6 cm³/mol. The number of ether oxygens (including phenoxy) is 4. The molecule has 2 rings (SSSR count). The molecule has 26 heavy (non-hydrogen) atoms. The second-order valence-corrected chi connectivity index (χ2v) is 5.22. The van der Waals surface area contributed by atoms with Crippen molar-refractivity contribution >= 4 is 23.9 Å². The molecule has 0 aromatic rings. The molecular weight excluding hydrogens is 348 g/mol. The molecule has 10 nitrogen and oxygen atoms in total. The Balaban J connectivity index is 2.93. The second kappa shape index (κ2) is 7.30. The fraction of sp³-hybridized carbons (Fsp3) is 0.375. The van der Waals surface area contributed by atoms with Gasteiger partial charge in [-0.2, -0.15) is 0 Å². The summed E-state index contributed by atoms with van der Waals surface area (Å²) in [5.41, 5.74) is -1.27. The number of carbonyl (C=O) groups is 4. The highest BCUT2D eigenvalue weighted by Crippen LogP contribution is 2.38. The van der Waals surface area contributed by atoms with Crippen LogP contribution in [0.4, 0.5) is 0 Å². The lowest BCUT2D eigenvalue weighted by Crippen LogP contribution is -2.47. The van der Waals surface area contributed by atoms with Gasteiger partial charge in [-0.05, 0) is 0 Å². The molecule has 1 unspecified atom stereocenters. The van der Waals surface area contributed by atoms with Crippen LogP contribution in [0.3, 0.4) is 0 Å². The molecule has 2 aliphatic rings. The molecule has 0 spiro atoms. The Hall–Kier alpha value is -3.30. The number of esters is 4. The minimum Gasteiger partial charge on any atom is -0.466 e. The SMILES string of the molecule is COC(=O)C1=C(C(=O)OC)C2N(C)C=CN2C(C(=O)OC)=C1C(=O)OC. The predicted octanol–water partition coefficient (Wildman–Crippen LogP) is -0.713. The molecule has 0 N–H and O–H groups in total. The van der Waals surface area contributed by atoms with Gasteiger partial charge in [-0.15, -0.1) is 0 Å². The molecule has 0 bridgehead atoms. The minimum atomic E-state index is -1.01. The lowest BCUT2D eigenvalue weighted by Gasteiger charge is -2.37. The molecule has 140 valence electrons. The third-order valence-electron chi connectivity index (χ3n) is 3.95. The van der Waals surface area contributed by atoms with Crippen molar-refractivity contribution in [1.82, 2.24) is 9.80 Å². The number of hydrogen-bond acceptors (Lipinski definition) is 10. The highest BCUT2D eigenvalue weighted by atomic mass is 16.5. The Kier molecular flexibility index (Phi) is 5.34. The quantitative estimate of drug-likeness (QED) is 0.467. The zero-order chi connectivity index (χ0) is 19.6. The van der Waals surface area contributed by atoms with E-state index >= 15 is 0 Å². The number of likely N-dealkylation sites (N-methyl/N-ethyl adjacent to an activating group) is 1. The van der Waals surface area contributed by atoms with E-state index in [9.17, 15) is 19.2 Å². The van der Waals surface area contributed by atoms with Crippen LogP contribution in [0.15, 0.2) is 34.8 Å². The van der Waals surface area contributed by atoms with Crippen LogP contribution >= 0.6 is 0 Å². The van der Waals surface area contributed by atoms with Gasteiger partial charge in [0.05, 0.1) is 39.6 Å². The first-order chi connectivity index (χ1) is 12.3. The van der Waals surface area contributed by atoms with E-state index in [0.717, 1.165) is 28.4 Å². The summed E-state index contributed by atoms with van der Waals surface area (Å²) in [6.45, 7) is 0. The first kappa shape index (κ1) is 19.0. The fourth-order valence-electron chi connectivity index (χ4n) is 2.82. The Bertz CT molecular complexity index is 764. The van der Waals surface area contributed by atoms with Gasteiger partial charge in [0.1, 0.15) is 17.4 Å². The maximum absolute atomic E-state index is 12.4. The van der Waals surface area contributed by atoms with Crippen LogP contribution in [-0.4, -0.2) is 75.3 Å². The normalized spacial score (nSPS) is 18.6. The van der Waals surface area contributed by atoms with E-state index in [2.05, 4.69) is 0 Å². The average molecular weight is 366 g/mol. The smallest absolute Gasteiger partial charge is 0.355 e. The summed E-state index contributed by atoms with van der Waals surface area (Å²) in [6.07, 6.45) is 2.13. The number of methoxy groups -OCH3 is 4. The van der Waals surface area contributed by atoms with E-state index in [1.165, 1.54) is 11.1 Å². The van der Waals surface area contributed by atoms with Crippen molar-refractivity contribution in [1.29, 1.82) is 0 Å². The zero-order valence-corrected chi connectivity index (χ0v) is 14.9. The van der Waals surface area contributed by atoms with Gasteiger partial charge in [0.25, 0.3) is 0 Å². The third kappa shape index (κ3) is 2.79. The monoisotopic (exact) mass is 366 g/mol. The molecule has 0 fully saturated rings. The highest BCUT2D eigenvalue weighted by Gasteiger charge is 2.48. The van der Waals surface area contributed by atoms with E-state index in [1.807, 2.05) is 0 Å². The van der Waals surface area contributed by atoms with Crippen molar-refractivity contribution in [2.75, 3.05) is 35.5 Å². The molecule has 0 radical (unpaired) electrons. The van der Waals surface area contributed by atoms with Gasteiger partial charge in [0.2, 0.25) is 0 Å². The number of carbonyl (C=O) groups excluding carboxylic acids is 4. The molecule has 0 saturated heterocycles. The number of rotatable bonds is 4. The molecule has 2 aliphatic heterocycles. The van der Waals surface area contributed by atoms with Crippen LogP contribution in [0.5, 0.6) is 0 Å². The Labute approximate surface area is 149 Å². The van der Waals surface area contributed by atoms with Gasteiger partial charge in [-0.25, -0.2) is 19.2 Å². The Morgan fingerprint density at radius 3 is 1.77 bits per heavy atom. The minimum absolute atomic E-state index is 0.167. The fourth-order valence-corrected chi connectivity index (χ4v) is 2.82. The number of fused-ring (bicyclic) bond motifs is 1. The van der Waals surface area contributed by atoms with E-state index in [1.54, 1.807) is 18.1 Å². The van der Waals surface area contributed by atoms with E-state index in [-0.39, 0.29) is 11.3 Å². The van der Waals surface area contributed by atoms with Crippen LogP contribution in [-0.2, 0) is 38.1 Å². The van der Waals surface area contributed by atoms with Gasteiger partial charge in [-0.3, -0.25) is 0 Å². The molecule has 1 atom stereocenters. The van der Waals surface area contributed by atoms with Gasteiger partial charge < -0.3 is 28.7 Å². The molecule has 0 amide bonds. The van der Waals surface area contributed by atoms with Crippen molar-refractivity contribution in [3.63, 3.8) is 0 Å². The largest absolute Gasteiger partial charge is 0.466 e. The Morgan fingerprint density at radius 1 is 0.769 bits per heavy atom. The van der Waals surface area contributed by atoms with Crippen molar-refractivity contribution in [3.8, 4) is 0 Å². The third-order valence-corrected chi connectivity index (χ3v) is 3.95. The van der Waals surface area contributed by atoms with Crippen molar-refractivity contribution in [3.05, 3.63) is 34.8 Å². The lowest BCUT2D eigenvalue weighted by molar-refractivity contribution is -0.144. The van der Waals surface area contributed by atoms with Crippen molar-refractivity contribution in [2.24, 2.45) is 0 Å². The molecule has 0 saturated carbocycles. The van der Waals surface area contributed by atoms with Gasteiger partial charge in [0, 0.05) is 19.4 Å². The standard InChI is InChI=1S/C16H18N2O8/c1-17-6-7-18-11(16(22)26-5)9(14(20)24-3)8(13(19)23-2)10(12(17)18)15(21)25-4/h6-7,12H,1-5H3. The van der Waals surface area contributed by atoms with Gasteiger partial charge >= 0.3 is 23.9 Å². The first-order valence-electron chi connectivity index (χ1n) is 7.34. The molecule has 2 heterocycles. The van der Waals surface area contributed by atoms with Crippen LogP contribution in [0, 0.1) is 0 Å². The van der Waals surface area contributed by atoms with Gasteiger partial charge in [-0.1, -0.05) is 0 Å². The van der Waals surface area contributed by atoms with Crippen LogP contribution in [0.1, 0.15) is 0 Å². The number of hydrogen-bond donors (Lipinski definition) is 0. The van der Waals surface area contributed by atoms with Gasteiger partial charge in [0.15, 0.2) is 0 Å². The maximum Gasteiger partial charge on any atom is 0.355 e. The summed E-state index contributed by atoms with van der Waals surface area (Å²) in [5, 5.41) is 0. The summed E-state index contributed by atoms with van der Waals surface area (Å²) in [6, 6.07) is 0. The Morgan fingerprint density at radius 2 is 1.27 bits per heavy atom. The maximum atomic E-state index is 12.4. The van der Waals surface area contributed by atoms with Crippen LogP contribution in [0.25, 0.3) is 0 Å². The molecule has 0 aliphatic carbocycles. The topological polar surface area (TPSA) is 112 Å². The molecule has 0 aromatic carbocycles. The molecular formula is C16H18N2O8.